The van der Waals surface area contributed by atoms with Crippen LogP contribution in [0.4, 0.5) is 0 Å². The van der Waals surface area contributed by atoms with Gasteiger partial charge in [-0.2, -0.15) is 0 Å². The van der Waals surface area contributed by atoms with Crippen LogP contribution >= 0.6 is 8.25 Å². The van der Waals surface area contributed by atoms with Crippen molar-refractivity contribution in [2.75, 3.05) is 13.2 Å². The molecule has 0 saturated carbocycles. The van der Waals surface area contributed by atoms with Crippen LogP contribution in [-0.2, 0) is 13.6 Å². The zero-order valence-electron chi connectivity index (χ0n) is 7.00. The van der Waals surface area contributed by atoms with E-state index >= 15 is 0 Å². The molecule has 3 nitrogen and oxygen atoms in total. The van der Waals surface area contributed by atoms with Crippen LogP contribution in [0.1, 0.15) is 26.7 Å². The van der Waals surface area contributed by atoms with Crippen molar-refractivity contribution in [3.8, 4) is 0 Å². The standard InChI is InChI=1S/C7H14O3P/c1-3-7(4-2)5-9-11(8)10-6-7/h3-6H2,1-2H3. The van der Waals surface area contributed by atoms with Crippen molar-refractivity contribution in [1.82, 2.24) is 0 Å². The van der Waals surface area contributed by atoms with E-state index in [9.17, 15) is 4.57 Å². The fraction of sp³-hybridized carbons (Fsp3) is 1.00. The minimum absolute atomic E-state index is 0.114. The fourth-order valence-electron chi connectivity index (χ4n) is 1.12. The minimum Gasteiger partial charge on any atom is -0.282 e. The number of hydrogen-bond acceptors (Lipinski definition) is 3. The van der Waals surface area contributed by atoms with E-state index in [0.717, 1.165) is 12.8 Å². The Labute approximate surface area is 68.0 Å². The van der Waals surface area contributed by atoms with Gasteiger partial charge in [0.05, 0.1) is 13.2 Å². The van der Waals surface area contributed by atoms with E-state index < -0.39 is 8.25 Å². The summed E-state index contributed by atoms with van der Waals surface area (Å²) in [4.78, 5) is 0. The maximum atomic E-state index is 10.7. The lowest BCUT2D eigenvalue weighted by atomic mass is 9.84. The van der Waals surface area contributed by atoms with Crippen LogP contribution in [0.5, 0.6) is 0 Å². The number of rotatable bonds is 2. The maximum Gasteiger partial charge on any atom is 0.368 e. The third-order valence-electron chi connectivity index (χ3n) is 2.45. The van der Waals surface area contributed by atoms with E-state index in [2.05, 4.69) is 13.8 Å². The lowest BCUT2D eigenvalue weighted by Crippen LogP contribution is -2.32. The summed E-state index contributed by atoms with van der Waals surface area (Å²) in [5.74, 6) is 0. The molecule has 4 heteroatoms. The monoisotopic (exact) mass is 177 g/mol. The largest absolute Gasteiger partial charge is 0.368 e. The summed E-state index contributed by atoms with van der Waals surface area (Å²) >= 11 is 0. The van der Waals surface area contributed by atoms with Crippen LogP contribution in [0.2, 0.25) is 0 Å². The summed E-state index contributed by atoms with van der Waals surface area (Å²) in [7, 11) is -1.81. The van der Waals surface area contributed by atoms with Gasteiger partial charge in [0.15, 0.2) is 0 Å². The van der Waals surface area contributed by atoms with Gasteiger partial charge in [0.25, 0.3) is 0 Å². The maximum absolute atomic E-state index is 10.7. The van der Waals surface area contributed by atoms with Gasteiger partial charge in [-0.25, -0.2) is 4.57 Å². The van der Waals surface area contributed by atoms with E-state index in [-0.39, 0.29) is 5.41 Å². The lowest BCUT2D eigenvalue weighted by Gasteiger charge is -2.33. The molecular weight excluding hydrogens is 163 g/mol. The van der Waals surface area contributed by atoms with E-state index in [1.54, 1.807) is 0 Å². The van der Waals surface area contributed by atoms with Crippen LogP contribution in [0.3, 0.4) is 0 Å². The molecule has 0 N–H and O–H groups in total. The molecule has 0 unspecified atom stereocenters. The summed E-state index contributed by atoms with van der Waals surface area (Å²) in [6.45, 7) is 5.37. The molecule has 1 rings (SSSR count). The summed E-state index contributed by atoms with van der Waals surface area (Å²) in [6.07, 6.45) is 2.04. The molecule has 0 spiro atoms. The van der Waals surface area contributed by atoms with Crippen molar-refractivity contribution >= 4 is 8.25 Å². The molecule has 1 saturated heterocycles. The van der Waals surface area contributed by atoms with E-state index in [1.807, 2.05) is 0 Å². The molecule has 1 aliphatic heterocycles. The highest BCUT2D eigenvalue weighted by Gasteiger charge is 2.33. The highest BCUT2D eigenvalue weighted by Crippen LogP contribution is 2.40. The smallest absolute Gasteiger partial charge is 0.282 e. The topological polar surface area (TPSA) is 35.5 Å². The average molecular weight is 177 g/mol. The minimum atomic E-state index is -1.81. The Hall–Kier alpha value is 0.0200. The van der Waals surface area contributed by atoms with Crippen molar-refractivity contribution in [3.63, 3.8) is 0 Å². The second-order valence-electron chi connectivity index (χ2n) is 2.98. The quantitative estimate of drug-likeness (QED) is 0.608. The van der Waals surface area contributed by atoms with Crippen molar-refractivity contribution in [1.29, 1.82) is 0 Å². The van der Waals surface area contributed by atoms with Gasteiger partial charge in [-0.3, -0.25) is 9.05 Å². The van der Waals surface area contributed by atoms with Gasteiger partial charge < -0.3 is 0 Å². The Morgan fingerprint density at radius 2 is 1.73 bits per heavy atom. The van der Waals surface area contributed by atoms with Crippen LogP contribution in [-0.4, -0.2) is 13.2 Å². The first-order valence-corrected chi connectivity index (χ1v) is 5.05. The molecule has 0 aliphatic carbocycles. The zero-order valence-corrected chi connectivity index (χ0v) is 7.89. The highest BCUT2D eigenvalue weighted by atomic mass is 31.1. The van der Waals surface area contributed by atoms with Crippen molar-refractivity contribution in [2.24, 2.45) is 5.41 Å². The molecule has 1 radical (unpaired) electrons. The van der Waals surface area contributed by atoms with Gasteiger partial charge in [-0.15, -0.1) is 0 Å². The summed E-state index contributed by atoms with van der Waals surface area (Å²) in [5.41, 5.74) is 0.114. The SMILES string of the molecule is CCC1(CC)CO[P](=O)OC1. The molecule has 0 bridgehead atoms. The van der Waals surface area contributed by atoms with Crippen molar-refractivity contribution in [2.45, 2.75) is 26.7 Å². The zero-order chi connectivity index (χ0) is 8.32. The molecular formula is C7H14O3P. The van der Waals surface area contributed by atoms with Gasteiger partial charge in [0, 0.05) is 5.41 Å². The molecule has 1 fully saturated rings. The van der Waals surface area contributed by atoms with Gasteiger partial charge >= 0.3 is 8.25 Å². The molecule has 11 heavy (non-hydrogen) atoms. The van der Waals surface area contributed by atoms with E-state index in [1.165, 1.54) is 0 Å². The molecule has 0 aromatic heterocycles. The van der Waals surface area contributed by atoms with Gasteiger partial charge in [0.2, 0.25) is 0 Å². The van der Waals surface area contributed by atoms with E-state index in [4.69, 9.17) is 9.05 Å². The molecule has 0 aromatic rings. The molecule has 65 valence electrons. The Kier molecular flexibility index (Phi) is 2.99. The van der Waals surface area contributed by atoms with Crippen LogP contribution in [0.25, 0.3) is 0 Å². The molecule has 1 heterocycles. The Morgan fingerprint density at radius 1 is 1.27 bits per heavy atom. The summed E-state index contributed by atoms with van der Waals surface area (Å²) in [5, 5.41) is 0. The predicted molar refractivity (Wildman–Crippen MR) is 42.5 cm³/mol. The second-order valence-corrected chi connectivity index (χ2v) is 3.94. The van der Waals surface area contributed by atoms with Gasteiger partial charge in [-0.05, 0) is 12.8 Å². The van der Waals surface area contributed by atoms with Crippen LogP contribution in [0.15, 0.2) is 0 Å². The van der Waals surface area contributed by atoms with E-state index in [0.29, 0.717) is 13.2 Å². The Morgan fingerprint density at radius 3 is 2.09 bits per heavy atom. The second kappa shape index (κ2) is 3.61. The Balaban J connectivity index is 2.52. The summed E-state index contributed by atoms with van der Waals surface area (Å²) in [6, 6.07) is 0. The van der Waals surface area contributed by atoms with Crippen molar-refractivity contribution in [3.05, 3.63) is 0 Å². The number of hydrogen-bond donors (Lipinski definition) is 0. The molecule has 0 atom stereocenters. The fourth-order valence-corrected chi connectivity index (χ4v) is 1.95. The van der Waals surface area contributed by atoms with Crippen LogP contribution < -0.4 is 0 Å². The predicted octanol–water partition coefficient (Wildman–Crippen LogP) is 2.50. The Bertz CT molecular complexity index is 142. The first-order chi connectivity index (χ1) is 5.22. The molecule has 1 aliphatic rings. The lowest BCUT2D eigenvalue weighted by molar-refractivity contribution is 0.0220. The van der Waals surface area contributed by atoms with Crippen molar-refractivity contribution < 1.29 is 13.6 Å². The molecule has 0 amide bonds. The third-order valence-corrected chi connectivity index (χ3v) is 3.13. The molecule has 0 aromatic carbocycles. The highest BCUT2D eigenvalue weighted by molar-refractivity contribution is 7.33. The van der Waals surface area contributed by atoms with Gasteiger partial charge in [0.1, 0.15) is 0 Å². The third kappa shape index (κ3) is 1.98. The normalized spacial score (nSPS) is 23.6. The van der Waals surface area contributed by atoms with Crippen LogP contribution in [0, 0.1) is 5.41 Å². The van der Waals surface area contributed by atoms with Gasteiger partial charge in [-0.1, -0.05) is 13.8 Å². The summed E-state index contributed by atoms with van der Waals surface area (Å²) < 4.78 is 20.6. The first kappa shape index (κ1) is 9.11. The first-order valence-electron chi connectivity index (χ1n) is 3.95. The average Bonchev–Trinajstić information content (AvgIpc) is 2.07.